The molecule has 4 rings (SSSR count). The van der Waals surface area contributed by atoms with Crippen LogP contribution in [0.5, 0.6) is 5.75 Å². The lowest BCUT2D eigenvalue weighted by molar-refractivity contribution is -0.127. The molecule has 3 aromatic rings. The fourth-order valence-electron chi connectivity index (χ4n) is 3.73. The first-order chi connectivity index (χ1) is 15.2. The first-order valence-electron chi connectivity index (χ1n) is 10.5. The molecular formula is C26H26N2O2S. The molecule has 0 saturated carbocycles. The largest absolute Gasteiger partial charge is 0.497 e. The number of ether oxygens (including phenoxy) is 1. The van der Waals surface area contributed by atoms with Gasteiger partial charge in [0.1, 0.15) is 5.75 Å². The van der Waals surface area contributed by atoms with E-state index in [1.165, 1.54) is 0 Å². The van der Waals surface area contributed by atoms with Crippen molar-refractivity contribution in [2.24, 2.45) is 4.99 Å². The number of carbonyl (C=O) groups excluding carboxylic acids is 1. The van der Waals surface area contributed by atoms with Gasteiger partial charge in [-0.25, -0.2) is 4.99 Å². The average molecular weight is 431 g/mol. The Hall–Kier alpha value is -3.05. The SMILES string of the molecule is CC[C@@H]1CN(C(=O)C(c2ccccc2)c2ccccc2)C(=Nc2cccc(OC)c2)S1. The number of rotatable bonds is 6. The molecule has 1 heterocycles. The van der Waals surface area contributed by atoms with Crippen LogP contribution in [0.1, 0.15) is 30.4 Å². The maximum Gasteiger partial charge on any atom is 0.240 e. The average Bonchev–Trinajstić information content (AvgIpc) is 3.23. The minimum Gasteiger partial charge on any atom is -0.497 e. The molecule has 3 aromatic carbocycles. The van der Waals surface area contributed by atoms with Crippen LogP contribution in [-0.2, 0) is 4.79 Å². The summed E-state index contributed by atoms with van der Waals surface area (Å²) in [4.78, 5) is 20.6. The summed E-state index contributed by atoms with van der Waals surface area (Å²) in [5, 5.41) is 1.09. The quantitative estimate of drug-likeness (QED) is 0.491. The second kappa shape index (κ2) is 9.84. The predicted molar refractivity (Wildman–Crippen MR) is 128 cm³/mol. The Morgan fingerprint density at radius 1 is 1.03 bits per heavy atom. The van der Waals surface area contributed by atoms with Crippen LogP contribution in [0.15, 0.2) is 89.9 Å². The Bertz CT molecular complexity index is 1010. The van der Waals surface area contributed by atoms with Gasteiger partial charge in [-0.1, -0.05) is 85.4 Å². The van der Waals surface area contributed by atoms with E-state index in [1.54, 1.807) is 18.9 Å². The van der Waals surface area contributed by atoms with E-state index in [9.17, 15) is 4.79 Å². The number of amidine groups is 1. The number of amides is 1. The maximum atomic E-state index is 13.9. The van der Waals surface area contributed by atoms with Crippen molar-refractivity contribution in [2.45, 2.75) is 24.5 Å². The van der Waals surface area contributed by atoms with Gasteiger partial charge in [-0.3, -0.25) is 9.69 Å². The molecule has 0 aliphatic carbocycles. The van der Waals surface area contributed by atoms with Crippen LogP contribution in [0.2, 0.25) is 0 Å². The Labute approximate surface area is 188 Å². The molecule has 31 heavy (non-hydrogen) atoms. The molecule has 1 aliphatic heterocycles. The van der Waals surface area contributed by atoms with Gasteiger partial charge in [-0.05, 0) is 29.7 Å². The summed E-state index contributed by atoms with van der Waals surface area (Å²) in [5.74, 6) is 0.442. The van der Waals surface area contributed by atoms with Gasteiger partial charge in [-0.15, -0.1) is 0 Å². The Kier molecular flexibility index (Phi) is 6.73. The lowest BCUT2D eigenvalue weighted by atomic mass is 9.90. The summed E-state index contributed by atoms with van der Waals surface area (Å²) in [6, 6.07) is 27.6. The number of aliphatic imine (C=N–C) groups is 1. The van der Waals surface area contributed by atoms with E-state index in [0.717, 1.165) is 34.2 Å². The third kappa shape index (κ3) is 4.83. The molecule has 0 spiro atoms. The lowest BCUT2D eigenvalue weighted by Crippen LogP contribution is -2.37. The minimum atomic E-state index is -0.367. The molecule has 4 nitrogen and oxygen atoms in total. The molecular weight excluding hydrogens is 404 g/mol. The van der Waals surface area contributed by atoms with E-state index in [2.05, 4.69) is 6.92 Å². The lowest BCUT2D eigenvalue weighted by Gasteiger charge is -2.24. The molecule has 158 valence electrons. The first kappa shape index (κ1) is 21.2. The second-order valence-electron chi connectivity index (χ2n) is 7.45. The molecule has 1 fully saturated rings. The van der Waals surface area contributed by atoms with Gasteiger partial charge in [0.15, 0.2) is 5.17 Å². The number of carbonyl (C=O) groups is 1. The number of hydrogen-bond donors (Lipinski definition) is 0. The molecule has 1 aliphatic rings. The molecule has 0 bridgehead atoms. The van der Waals surface area contributed by atoms with Crippen molar-refractivity contribution in [1.82, 2.24) is 4.90 Å². The number of benzene rings is 3. The van der Waals surface area contributed by atoms with Crippen molar-refractivity contribution in [3.8, 4) is 5.75 Å². The van der Waals surface area contributed by atoms with Crippen LogP contribution in [0.25, 0.3) is 0 Å². The normalized spacial score (nSPS) is 17.3. The molecule has 1 saturated heterocycles. The van der Waals surface area contributed by atoms with Gasteiger partial charge in [0, 0.05) is 17.9 Å². The monoisotopic (exact) mass is 430 g/mol. The summed E-state index contributed by atoms with van der Waals surface area (Å²) < 4.78 is 5.33. The molecule has 0 unspecified atom stereocenters. The Balaban J connectivity index is 1.73. The number of methoxy groups -OCH3 is 1. The Morgan fingerprint density at radius 2 is 1.68 bits per heavy atom. The highest BCUT2D eigenvalue weighted by molar-refractivity contribution is 8.14. The summed E-state index contributed by atoms with van der Waals surface area (Å²) in [7, 11) is 1.64. The van der Waals surface area contributed by atoms with Gasteiger partial charge in [-0.2, -0.15) is 0 Å². The van der Waals surface area contributed by atoms with E-state index in [4.69, 9.17) is 9.73 Å². The molecule has 5 heteroatoms. The molecule has 1 amide bonds. The van der Waals surface area contributed by atoms with Crippen LogP contribution >= 0.6 is 11.8 Å². The van der Waals surface area contributed by atoms with Crippen LogP contribution in [0.4, 0.5) is 5.69 Å². The fourth-order valence-corrected chi connectivity index (χ4v) is 4.87. The highest BCUT2D eigenvalue weighted by Crippen LogP contribution is 2.35. The van der Waals surface area contributed by atoms with E-state index in [0.29, 0.717) is 11.8 Å². The topological polar surface area (TPSA) is 41.9 Å². The second-order valence-corrected chi connectivity index (χ2v) is 8.71. The standard InChI is InChI=1S/C26H26N2O2S/c1-3-23-18-28(26(31-23)27-21-15-10-16-22(17-21)30-2)25(29)24(19-11-6-4-7-12-19)20-13-8-5-9-14-20/h4-17,23-24H,3,18H2,1-2H3/t23-/m1/s1. The number of hydrogen-bond acceptors (Lipinski definition) is 4. The minimum absolute atomic E-state index is 0.0579. The highest BCUT2D eigenvalue weighted by atomic mass is 32.2. The molecule has 0 aromatic heterocycles. The van der Waals surface area contributed by atoms with Crippen LogP contribution in [0, 0.1) is 0 Å². The van der Waals surface area contributed by atoms with Crippen LogP contribution in [-0.4, -0.2) is 34.9 Å². The summed E-state index contributed by atoms with van der Waals surface area (Å²) >= 11 is 1.68. The van der Waals surface area contributed by atoms with Gasteiger partial charge < -0.3 is 4.74 Å². The van der Waals surface area contributed by atoms with Crippen molar-refractivity contribution < 1.29 is 9.53 Å². The van der Waals surface area contributed by atoms with E-state index in [1.807, 2.05) is 89.8 Å². The van der Waals surface area contributed by atoms with E-state index >= 15 is 0 Å². The summed E-state index contributed by atoms with van der Waals surface area (Å²) in [6.45, 7) is 2.82. The smallest absolute Gasteiger partial charge is 0.240 e. The van der Waals surface area contributed by atoms with Crippen molar-refractivity contribution in [2.75, 3.05) is 13.7 Å². The number of nitrogens with zero attached hydrogens (tertiary/aromatic N) is 2. The van der Waals surface area contributed by atoms with Crippen LogP contribution < -0.4 is 4.74 Å². The number of thioether (sulfide) groups is 1. The third-order valence-electron chi connectivity index (χ3n) is 5.40. The van der Waals surface area contributed by atoms with Crippen LogP contribution in [0.3, 0.4) is 0 Å². The zero-order valence-electron chi connectivity index (χ0n) is 17.8. The highest BCUT2D eigenvalue weighted by Gasteiger charge is 2.37. The zero-order valence-corrected chi connectivity index (χ0v) is 18.6. The zero-order chi connectivity index (χ0) is 21.6. The van der Waals surface area contributed by atoms with Gasteiger partial charge in [0.05, 0.1) is 18.7 Å². The van der Waals surface area contributed by atoms with Crippen molar-refractivity contribution >= 4 is 28.5 Å². The predicted octanol–water partition coefficient (Wildman–Crippen LogP) is 5.87. The van der Waals surface area contributed by atoms with Crippen molar-refractivity contribution in [1.29, 1.82) is 0 Å². The molecule has 0 N–H and O–H groups in total. The van der Waals surface area contributed by atoms with Gasteiger partial charge in [0.2, 0.25) is 5.91 Å². The molecule has 0 radical (unpaired) electrons. The summed E-state index contributed by atoms with van der Waals surface area (Å²) in [5.41, 5.74) is 2.76. The molecule has 1 atom stereocenters. The van der Waals surface area contributed by atoms with Crippen molar-refractivity contribution in [3.63, 3.8) is 0 Å². The van der Waals surface area contributed by atoms with E-state index in [-0.39, 0.29) is 11.8 Å². The van der Waals surface area contributed by atoms with Crippen molar-refractivity contribution in [3.05, 3.63) is 96.1 Å². The first-order valence-corrected chi connectivity index (χ1v) is 11.4. The van der Waals surface area contributed by atoms with Gasteiger partial charge >= 0.3 is 0 Å². The van der Waals surface area contributed by atoms with E-state index < -0.39 is 0 Å². The maximum absolute atomic E-state index is 13.9. The fraction of sp³-hybridized carbons (Fsp3) is 0.231. The summed E-state index contributed by atoms with van der Waals surface area (Å²) in [6.07, 6.45) is 0.979. The Morgan fingerprint density at radius 3 is 2.26 bits per heavy atom. The van der Waals surface area contributed by atoms with Gasteiger partial charge in [0.25, 0.3) is 0 Å². The third-order valence-corrected chi connectivity index (χ3v) is 6.74.